The molecule has 0 aliphatic carbocycles. The van der Waals surface area contributed by atoms with Crippen LogP contribution in [0.2, 0.25) is 0 Å². The molecule has 1 atom stereocenters. The number of methoxy groups -OCH3 is 2. The molecule has 1 aliphatic rings. The van der Waals surface area contributed by atoms with Gasteiger partial charge in [0.15, 0.2) is 16.7 Å². The van der Waals surface area contributed by atoms with Crippen LogP contribution in [0, 0.1) is 0 Å². The van der Waals surface area contributed by atoms with Crippen LogP contribution in [0.15, 0.2) is 53.7 Å². The molecule has 9 heteroatoms. The molecule has 0 unspecified atom stereocenters. The van der Waals surface area contributed by atoms with Crippen LogP contribution in [0.4, 0.5) is 5.82 Å². The van der Waals surface area contributed by atoms with Gasteiger partial charge in [-0.05, 0) is 54.7 Å². The molecule has 0 spiro atoms. The van der Waals surface area contributed by atoms with Crippen LogP contribution in [0.1, 0.15) is 60.8 Å². The molecule has 0 radical (unpaired) electrons. The predicted octanol–water partition coefficient (Wildman–Crippen LogP) is 5.67. The molecule has 1 amide bonds. The van der Waals surface area contributed by atoms with Gasteiger partial charge in [0.25, 0.3) is 5.91 Å². The Morgan fingerprint density at radius 3 is 2.59 bits per heavy atom. The second-order valence-electron chi connectivity index (χ2n) is 11.3. The molecule has 2 aromatic carbocycles. The van der Waals surface area contributed by atoms with Crippen molar-refractivity contribution in [3.8, 4) is 11.5 Å². The Morgan fingerprint density at radius 1 is 1.07 bits per heavy atom. The number of thioether (sulfide) groups is 1. The van der Waals surface area contributed by atoms with E-state index in [1.54, 1.807) is 26.0 Å². The van der Waals surface area contributed by atoms with Crippen LogP contribution < -0.4 is 19.7 Å². The van der Waals surface area contributed by atoms with E-state index >= 15 is 0 Å². The summed E-state index contributed by atoms with van der Waals surface area (Å²) < 4.78 is 16.5. The number of rotatable bonds is 12. The molecular formula is C32H42N4O4S. The summed E-state index contributed by atoms with van der Waals surface area (Å²) in [7, 11) is 5.35. The molecule has 8 nitrogen and oxygen atoms in total. The number of amides is 1. The van der Waals surface area contributed by atoms with Gasteiger partial charge in [0.2, 0.25) is 0 Å². The fourth-order valence-corrected chi connectivity index (χ4v) is 5.37. The van der Waals surface area contributed by atoms with Gasteiger partial charge >= 0.3 is 0 Å². The van der Waals surface area contributed by atoms with Crippen LogP contribution in [0.3, 0.4) is 0 Å². The Morgan fingerprint density at radius 2 is 1.88 bits per heavy atom. The fourth-order valence-electron chi connectivity index (χ4n) is 4.57. The van der Waals surface area contributed by atoms with E-state index in [1.165, 1.54) is 0 Å². The van der Waals surface area contributed by atoms with Crippen molar-refractivity contribution in [1.29, 1.82) is 0 Å². The van der Waals surface area contributed by atoms with Gasteiger partial charge in [0.05, 0.1) is 26.0 Å². The minimum absolute atomic E-state index is 0.0725. The largest absolute Gasteiger partial charge is 0.493 e. The molecule has 220 valence electrons. The lowest BCUT2D eigenvalue weighted by Gasteiger charge is -2.23. The number of likely N-dealkylation sites (N-methyl/N-ethyl adjacent to an activating group) is 1. The quantitative estimate of drug-likeness (QED) is 0.217. The molecule has 2 heterocycles. The van der Waals surface area contributed by atoms with Gasteiger partial charge in [-0.2, -0.15) is 0 Å². The SMILES string of the molecule is COc1ccc(CCN(C)c2cc(C(C)(C)C)nc(SCc3cccc(C(=O)NC[C@@H]4CCCO4)c3)n2)cc1OC. The van der Waals surface area contributed by atoms with E-state index in [9.17, 15) is 4.79 Å². The highest BCUT2D eigenvalue weighted by molar-refractivity contribution is 7.98. The summed E-state index contributed by atoms with van der Waals surface area (Å²) in [6, 6.07) is 15.9. The van der Waals surface area contributed by atoms with Crippen molar-refractivity contribution >= 4 is 23.5 Å². The summed E-state index contributed by atoms with van der Waals surface area (Å²) in [5.74, 6) is 2.93. The molecule has 3 aromatic rings. The summed E-state index contributed by atoms with van der Waals surface area (Å²) in [5, 5.41) is 3.73. The van der Waals surface area contributed by atoms with Crippen LogP contribution in [0.25, 0.3) is 0 Å². The Kier molecular flexibility index (Phi) is 10.5. The molecule has 0 saturated carbocycles. The maximum absolute atomic E-state index is 12.7. The van der Waals surface area contributed by atoms with Crippen molar-refractivity contribution in [2.75, 3.05) is 45.9 Å². The first kappa shape index (κ1) is 30.7. The molecule has 1 saturated heterocycles. The van der Waals surface area contributed by atoms with Gasteiger partial charge < -0.3 is 24.4 Å². The maximum Gasteiger partial charge on any atom is 0.251 e. The topological polar surface area (TPSA) is 85.8 Å². The highest BCUT2D eigenvalue weighted by Crippen LogP contribution is 2.30. The van der Waals surface area contributed by atoms with Crippen molar-refractivity contribution in [3.05, 3.63) is 70.9 Å². The molecule has 4 rings (SSSR count). The van der Waals surface area contributed by atoms with Gasteiger partial charge in [0, 0.05) is 49.5 Å². The maximum atomic E-state index is 12.7. The summed E-state index contributed by atoms with van der Waals surface area (Å²) in [6.45, 7) is 8.60. The number of benzene rings is 2. The van der Waals surface area contributed by atoms with E-state index in [4.69, 9.17) is 24.2 Å². The van der Waals surface area contributed by atoms with Crippen molar-refractivity contribution in [3.63, 3.8) is 0 Å². The number of ether oxygens (including phenoxy) is 3. The minimum atomic E-state index is -0.127. The first-order chi connectivity index (χ1) is 19.7. The van der Waals surface area contributed by atoms with Gasteiger partial charge in [-0.3, -0.25) is 4.79 Å². The third kappa shape index (κ3) is 8.60. The zero-order valence-electron chi connectivity index (χ0n) is 25.0. The average molecular weight is 579 g/mol. The molecule has 1 aromatic heterocycles. The lowest BCUT2D eigenvalue weighted by molar-refractivity contribution is 0.0857. The number of hydrogen-bond donors (Lipinski definition) is 1. The molecular weight excluding hydrogens is 536 g/mol. The van der Waals surface area contributed by atoms with Gasteiger partial charge in [0.1, 0.15) is 5.82 Å². The van der Waals surface area contributed by atoms with Crippen LogP contribution in [-0.4, -0.2) is 62.9 Å². The van der Waals surface area contributed by atoms with Gasteiger partial charge in [-0.15, -0.1) is 0 Å². The number of nitrogens with zero attached hydrogens (tertiary/aromatic N) is 3. The van der Waals surface area contributed by atoms with E-state index in [1.807, 2.05) is 36.4 Å². The number of anilines is 1. The van der Waals surface area contributed by atoms with E-state index in [2.05, 4.69) is 50.2 Å². The number of carbonyl (C=O) groups is 1. The summed E-state index contributed by atoms with van der Waals surface area (Å²) in [6.07, 6.45) is 3.01. The number of hydrogen-bond acceptors (Lipinski definition) is 8. The second-order valence-corrected chi connectivity index (χ2v) is 12.3. The van der Waals surface area contributed by atoms with Crippen LogP contribution >= 0.6 is 11.8 Å². The molecule has 1 fully saturated rings. The van der Waals surface area contributed by atoms with Gasteiger partial charge in [-0.1, -0.05) is 50.7 Å². The number of carbonyl (C=O) groups excluding carboxylic acids is 1. The smallest absolute Gasteiger partial charge is 0.251 e. The summed E-state index contributed by atoms with van der Waals surface area (Å²) in [5.41, 5.74) is 3.73. The zero-order chi connectivity index (χ0) is 29.4. The van der Waals surface area contributed by atoms with Crippen LogP contribution in [0.5, 0.6) is 11.5 Å². The second kappa shape index (κ2) is 14.0. The number of aromatic nitrogens is 2. The Hall–Kier alpha value is -3.30. The summed E-state index contributed by atoms with van der Waals surface area (Å²) in [4.78, 5) is 24.7. The van der Waals surface area contributed by atoms with Crippen molar-refractivity contribution in [2.24, 2.45) is 0 Å². The Balaban J connectivity index is 1.43. The van der Waals surface area contributed by atoms with Crippen molar-refractivity contribution < 1.29 is 19.0 Å². The zero-order valence-corrected chi connectivity index (χ0v) is 25.8. The Bertz CT molecular complexity index is 1320. The number of nitrogens with one attached hydrogen (secondary N) is 1. The third-order valence-electron chi connectivity index (χ3n) is 7.11. The molecule has 1 N–H and O–H groups in total. The monoisotopic (exact) mass is 578 g/mol. The van der Waals surface area contributed by atoms with E-state index < -0.39 is 0 Å². The molecule has 1 aliphatic heterocycles. The minimum Gasteiger partial charge on any atom is -0.493 e. The first-order valence-corrected chi connectivity index (χ1v) is 15.1. The van der Waals surface area contributed by atoms with E-state index in [-0.39, 0.29) is 17.4 Å². The highest BCUT2D eigenvalue weighted by atomic mass is 32.2. The lowest BCUT2D eigenvalue weighted by Crippen LogP contribution is -2.31. The Labute approximate surface area is 248 Å². The van der Waals surface area contributed by atoms with Gasteiger partial charge in [-0.25, -0.2) is 9.97 Å². The lowest BCUT2D eigenvalue weighted by atomic mass is 9.92. The highest BCUT2D eigenvalue weighted by Gasteiger charge is 2.20. The summed E-state index contributed by atoms with van der Waals surface area (Å²) >= 11 is 1.58. The predicted molar refractivity (Wildman–Crippen MR) is 165 cm³/mol. The van der Waals surface area contributed by atoms with E-state index in [0.717, 1.165) is 71.7 Å². The average Bonchev–Trinajstić information content (AvgIpc) is 3.50. The van der Waals surface area contributed by atoms with Crippen LogP contribution in [-0.2, 0) is 22.3 Å². The van der Waals surface area contributed by atoms with Crippen molar-refractivity contribution in [2.45, 2.75) is 62.5 Å². The third-order valence-corrected chi connectivity index (χ3v) is 8.03. The fraction of sp³-hybridized carbons (Fsp3) is 0.469. The van der Waals surface area contributed by atoms with Crippen molar-refractivity contribution in [1.82, 2.24) is 15.3 Å². The van der Waals surface area contributed by atoms with E-state index in [0.29, 0.717) is 17.9 Å². The first-order valence-electron chi connectivity index (χ1n) is 14.1. The molecule has 41 heavy (non-hydrogen) atoms. The molecule has 0 bridgehead atoms. The normalized spacial score (nSPS) is 15.0. The standard InChI is InChI=1S/C32H42N4O4S/c1-32(2,3)28-19-29(36(4)15-14-22-12-13-26(38-5)27(18-22)39-6)35-31(34-28)41-21-23-9-7-10-24(17-23)30(37)33-20-25-11-8-16-40-25/h7,9-10,12-13,17-19,25H,8,11,14-16,20-21H2,1-6H3,(H,33,37)/t25-/m0/s1.